The van der Waals surface area contributed by atoms with Crippen LogP contribution in [0.4, 0.5) is 14.5 Å². The van der Waals surface area contributed by atoms with Crippen LogP contribution < -0.4 is 18.9 Å². The molecule has 228 valence electrons. The number of nitrogens with zero attached hydrogens (tertiary/aromatic N) is 2. The van der Waals surface area contributed by atoms with E-state index in [9.17, 15) is 17.2 Å². The van der Waals surface area contributed by atoms with Gasteiger partial charge in [-0.1, -0.05) is 13.0 Å². The van der Waals surface area contributed by atoms with Gasteiger partial charge in [-0.2, -0.15) is 0 Å². The van der Waals surface area contributed by atoms with E-state index in [1.165, 1.54) is 25.0 Å². The number of piperidine rings is 1. The van der Waals surface area contributed by atoms with Crippen LogP contribution in [0.3, 0.4) is 0 Å². The molecule has 5 rings (SSSR count). The number of aryl methyl sites for hydroxylation is 1. The van der Waals surface area contributed by atoms with Crippen molar-refractivity contribution in [2.24, 2.45) is 5.92 Å². The molecule has 1 aliphatic heterocycles. The highest BCUT2D eigenvalue weighted by molar-refractivity contribution is 7.92. The first-order chi connectivity index (χ1) is 20.6. The fraction of sp³-hybridized carbons (Fsp3) is 0.344. The molecule has 2 heterocycles. The van der Waals surface area contributed by atoms with Gasteiger partial charge in [-0.3, -0.25) is 9.71 Å². The number of likely N-dealkylation sites (tertiary alicyclic amines) is 1. The molecular formula is C32H35F2N3O5S. The minimum absolute atomic E-state index is 0.130. The number of halogens is 2. The number of anilines is 1. The first-order valence-electron chi connectivity index (χ1n) is 14.2. The maximum atomic E-state index is 14.1. The Hall–Kier alpha value is -3.96. The second kappa shape index (κ2) is 13.1. The minimum Gasteiger partial charge on any atom is -0.493 e. The maximum Gasteiger partial charge on any atom is 0.267 e. The largest absolute Gasteiger partial charge is 0.493 e. The number of ether oxygens (including phenoxy) is 3. The van der Waals surface area contributed by atoms with Gasteiger partial charge in [0, 0.05) is 29.9 Å². The Kier molecular flexibility index (Phi) is 9.31. The summed E-state index contributed by atoms with van der Waals surface area (Å²) in [7, 11) is -2.92. The molecule has 0 radical (unpaired) electrons. The summed E-state index contributed by atoms with van der Waals surface area (Å²) in [5.74, 6) is 0.580. The number of benzene rings is 3. The van der Waals surface area contributed by atoms with Crippen molar-refractivity contribution in [3.63, 3.8) is 0 Å². The van der Waals surface area contributed by atoms with Gasteiger partial charge in [0.25, 0.3) is 10.0 Å². The van der Waals surface area contributed by atoms with Gasteiger partial charge < -0.3 is 19.1 Å². The Labute approximate surface area is 250 Å². The monoisotopic (exact) mass is 611 g/mol. The van der Waals surface area contributed by atoms with E-state index in [1.54, 1.807) is 32.4 Å². The van der Waals surface area contributed by atoms with Crippen LogP contribution in [0.25, 0.3) is 10.9 Å². The zero-order valence-electron chi connectivity index (χ0n) is 24.4. The lowest BCUT2D eigenvalue weighted by atomic mass is 9.99. The zero-order chi connectivity index (χ0) is 30.6. The van der Waals surface area contributed by atoms with Gasteiger partial charge in [0.05, 0.1) is 19.2 Å². The van der Waals surface area contributed by atoms with Gasteiger partial charge in [-0.15, -0.1) is 0 Å². The van der Waals surface area contributed by atoms with Gasteiger partial charge in [0.15, 0.2) is 16.4 Å². The number of pyridine rings is 1. The predicted octanol–water partition coefficient (Wildman–Crippen LogP) is 6.92. The van der Waals surface area contributed by atoms with Crippen molar-refractivity contribution < 1.29 is 31.4 Å². The number of fused-ring (bicyclic) bond motifs is 1. The van der Waals surface area contributed by atoms with Crippen LogP contribution in [0, 0.1) is 24.5 Å². The quantitative estimate of drug-likeness (QED) is 0.184. The van der Waals surface area contributed by atoms with E-state index in [-0.39, 0.29) is 5.69 Å². The molecule has 11 heteroatoms. The fourth-order valence-electron chi connectivity index (χ4n) is 5.14. The molecule has 0 bridgehead atoms. The molecule has 1 fully saturated rings. The highest BCUT2D eigenvalue weighted by Gasteiger charge is 2.24. The van der Waals surface area contributed by atoms with E-state index in [4.69, 9.17) is 14.2 Å². The Bertz CT molecular complexity index is 1690. The summed E-state index contributed by atoms with van der Waals surface area (Å²) in [6.45, 7) is 7.87. The van der Waals surface area contributed by atoms with Crippen molar-refractivity contribution in [2.45, 2.75) is 38.0 Å². The van der Waals surface area contributed by atoms with Crippen molar-refractivity contribution >= 4 is 26.6 Å². The second-order valence-corrected chi connectivity index (χ2v) is 12.4. The maximum absolute atomic E-state index is 14.1. The van der Waals surface area contributed by atoms with E-state index >= 15 is 0 Å². The molecule has 43 heavy (non-hydrogen) atoms. The van der Waals surface area contributed by atoms with E-state index in [1.807, 2.05) is 12.1 Å². The minimum atomic E-state index is -4.50. The molecule has 0 unspecified atom stereocenters. The lowest BCUT2D eigenvalue weighted by Crippen LogP contribution is -2.34. The van der Waals surface area contributed by atoms with Crippen LogP contribution in [0.1, 0.15) is 31.7 Å². The Balaban J connectivity index is 1.29. The van der Waals surface area contributed by atoms with Crippen molar-refractivity contribution in [1.29, 1.82) is 0 Å². The van der Waals surface area contributed by atoms with Crippen molar-refractivity contribution in [2.75, 3.05) is 38.1 Å². The molecule has 4 aromatic rings. The van der Waals surface area contributed by atoms with Crippen molar-refractivity contribution in [3.8, 4) is 23.0 Å². The molecule has 0 spiro atoms. The number of rotatable bonds is 11. The van der Waals surface area contributed by atoms with E-state index < -0.39 is 26.6 Å². The van der Waals surface area contributed by atoms with E-state index in [2.05, 4.69) is 21.5 Å². The fourth-order valence-corrected chi connectivity index (χ4v) is 6.33. The molecular weight excluding hydrogens is 576 g/mol. The van der Waals surface area contributed by atoms with Gasteiger partial charge >= 0.3 is 0 Å². The number of hydrogen-bond donors (Lipinski definition) is 1. The number of nitrogens with one attached hydrogen (secondary N) is 1. The number of sulfonamides is 1. The van der Waals surface area contributed by atoms with Gasteiger partial charge in [0.2, 0.25) is 0 Å². The van der Waals surface area contributed by atoms with Crippen LogP contribution in [-0.2, 0) is 10.0 Å². The van der Waals surface area contributed by atoms with E-state index in [0.29, 0.717) is 46.1 Å². The molecule has 1 N–H and O–H groups in total. The summed E-state index contributed by atoms with van der Waals surface area (Å²) in [4.78, 5) is 5.93. The average Bonchev–Trinajstić information content (AvgIpc) is 2.97. The third kappa shape index (κ3) is 7.17. The van der Waals surface area contributed by atoms with Gasteiger partial charge in [0.1, 0.15) is 23.1 Å². The first kappa shape index (κ1) is 30.5. The molecule has 0 atom stereocenters. The molecule has 0 aliphatic carbocycles. The molecule has 1 aliphatic rings. The van der Waals surface area contributed by atoms with E-state index in [0.717, 1.165) is 50.2 Å². The number of methoxy groups -OCH3 is 1. The van der Waals surface area contributed by atoms with Gasteiger partial charge in [-0.05, 0) is 93.2 Å². The van der Waals surface area contributed by atoms with Crippen LogP contribution in [0.15, 0.2) is 65.7 Å². The third-order valence-corrected chi connectivity index (χ3v) is 9.01. The van der Waals surface area contributed by atoms with Crippen molar-refractivity contribution in [1.82, 2.24) is 9.88 Å². The Morgan fingerprint density at radius 1 is 0.977 bits per heavy atom. The summed E-state index contributed by atoms with van der Waals surface area (Å²) < 4.78 is 73.7. The summed E-state index contributed by atoms with van der Waals surface area (Å²) in [5.41, 5.74) is 1.38. The zero-order valence-corrected chi connectivity index (χ0v) is 25.2. The third-order valence-electron chi connectivity index (χ3n) is 7.57. The van der Waals surface area contributed by atoms with Crippen LogP contribution in [0.2, 0.25) is 0 Å². The lowest BCUT2D eigenvalue weighted by molar-refractivity contribution is 0.176. The number of aromatic nitrogens is 1. The summed E-state index contributed by atoms with van der Waals surface area (Å²) in [5, 5.41) is 0.702. The summed E-state index contributed by atoms with van der Waals surface area (Å²) in [6, 6.07) is 12.8. The smallest absolute Gasteiger partial charge is 0.267 e. The number of hydrogen-bond acceptors (Lipinski definition) is 7. The molecule has 0 amide bonds. The average molecular weight is 612 g/mol. The van der Waals surface area contributed by atoms with Crippen LogP contribution in [-0.4, -0.2) is 51.7 Å². The summed E-state index contributed by atoms with van der Waals surface area (Å²) >= 11 is 0. The standard InChI is InChI=1S/C32H35F2N3O5S/c1-21-11-15-37(16-12-21)14-5-17-41-31-20-27-24(19-30(31)40-3)29(10-13-35-27)42-28-9-8-23(18-22(28)2)36-43(38,39)32-25(33)6-4-7-26(32)34/h4,6-10,13,18-21,36H,5,11-12,14-17H2,1-3H3. The van der Waals surface area contributed by atoms with Crippen molar-refractivity contribution in [3.05, 3.63) is 78.0 Å². The highest BCUT2D eigenvalue weighted by Crippen LogP contribution is 2.38. The molecule has 8 nitrogen and oxygen atoms in total. The highest BCUT2D eigenvalue weighted by atomic mass is 32.2. The predicted molar refractivity (Wildman–Crippen MR) is 162 cm³/mol. The van der Waals surface area contributed by atoms with Crippen LogP contribution in [0.5, 0.6) is 23.0 Å². The van der Waals surface area contributed by atoms with Gasteiger partial charge in [-0.25, -0.2) is 17.2 Å². The second-order valence-electron chi connectivity index (χ2n) is 10.8. The Morgan fingerprint density at radius 3 is 2.42 bits per heavy atom. The lowest BCUT2D eigenvalue weighted by Gasteiger charge is -2.30. The molecule has 3 aromatic carbocycles. The Morgan fingerprint density at radius 2 is 1.72 bits per heavy atom. The first-order valence-corrected chi connectivity index (χ1v) is 15.7. The summed E-state index contributed by atoms with van der Waals surface area (Å²) in [6.07, 6.45) is 5.03. The topological polar surface area (TPSA) is 90.0 Å². The molecule has 1 saturated heterocycles. The van der Waals surface area contributed by atoms with Crippen LogP contribution >= 0.6 is 0 Å². The molecule has 0 saturated carbocycles. The normalized spacial score (nSPS) is 14.5. The SMILES string of the molecule is COc1cc2c(Oc3ccc(NS(=O)(=O)c4c(F)cccc4F)cc3C)ccnc2cc1OCCCN1CCC(C)CC1. The molecule has 1 aromatic heterocycles.